The van der Waals surface area contributed by atoms with E-state index in [1.165, 1.54) is 0 Å². The Morgan fingerprint density at radius 3 is 2.87 bits per heavy atom. The van der Waals surface area contributed by atoms with Gasteiger partial charge in [0.25, 0.3) is 0 Å². The molecule has 1 rings (SSSR count). The number of carbonyl (C=O) groups is 1. The first kappa shape index (κ1) is 12.2. The third-order valence-electron chi connectivity index (χ3n) is 2.00. The van der Waals surface area contributed by atoms with Gasteiger partial charge in [0.1, 0.15) is 0 Å². The second-order valence-electron chi connectivity index (χ2n) is 3.25. The van der Waals surface area contributed by atoms with Crippen molar-refractivity contribution in [2.75, 3.05) is 19.0 Å². The van der Waals surface area contributed by atoms with Crippen molar-refractivity contribution in [3.63, 3.8) is 0 Å². The number of rotatable bonds is 4. The normalized spacial score (nSPS) is 10.1. The highest BCUT2D eigenvalue weighted by Crippen LogP contribution is 2.19. The number of carbonyl (C=O) groups excluding carboxylic acids is 1. The second kappa shape index (κ2) is 5.88. The van der Waals surface area contributed by atoms with E-state index in [9.17, 15) is 4.79 Å². The van der Waals surface area contributed by atoms with Gasteiger partial charge in [0, 0.05) is 17.3 Å². The molecule has 82 valence electrons. The van der Waals surface area contributed by atoms with Crippen LogP contribution in [0.3, 0.4) is 0 Å². The molecule has 0 aliphatic carbocycles. The third-order valence-corrected chi connectivity index (χ3v) is 2.49. The average Bonchev–Trinajstić information content (AvgIpc) is 2.19. The Labute approximate surface area is 97.9 Å². The van der Waals surface area contributed by atoms with E-state index in [0.717, 1.165) is 15.7 Å². The average molecular weight is 272 g/mol. The lowest BCUT2D eigenvalue weighted by Crippen LogP contribution is -2.14. The number of amides is 1. The van der Waals surface area contributed by atoms with Gasteiger partial charge in [-0.2, -0.15) is 0 Å². The third kappa shape index (κ3) is 4.01. The summed E-state index contributed by atoms with van der Waals surface area (Å²) in [5.41, 5.74) is 1.88. The molecule has 0 aromatic heterocycles. The molecule has 1 amide bonds. The molecule has 0 aliphatic heterocycles. The summed E-state index contributed by atoms with van der Waals surface area (Å²) < 4.78 is 5.84. The maximum absolute atomic E-state index is 11.4. The highest BCUT2D eigenvalue weighted by molar-refractivity contribution is 9.10. The molecule has 0 spiro atoms. The number of ether oxygens (including phenoxy) is 1. The molecule has 0 heterocycles. The molecule has 0 atom stereocenters. The topological polar surface area (TPSA) is 38.3 Å². The van der Waals surface area contributed by atoms with E-state index in [-0.39, 0.29) is 5.91 Å². The minimum absolute atomic E-state index is 0.0257. The smallest absolute Gasteiger partial charge is 0.226 e. The summed E-state index contributed by atoms with van der Waals surface area (Å²) in [5.74, 6) is -0.0257. The van der Waals surface area contributed by atoms with Crippen molar-refractivity contribution >= 4 is 27.5 Å². The van der Waals surface area contributed by atoms with Crippen molar-refractivity contribution in [2.45, 2.75) is 13.3 Å². The lowest BCUT2D eigenvalue weighted by molar-refractivity contribution is -0.117. The lowest BCUT2D eigenvalue weighted by Gasteiger charge is -2.08. The molecule has 0 unspecified atom stereocenters. The minimum atomic E-state index is -0.0257. The van der Waals surface area contributed by atoms with Crippen LogP contribution in [0.5, 0.6) is 0 Å². The Morgan fingerprint density at radius 2 is 2.27 bits per heavy atom. The largest absolute Gasteiger partial charge is 0.384 e. The monoisotopic (exact) mass is 271 g/mol. The van der Waals surface area contributed by atoms with Gasteiger partial charge < -0.3 is 10.1 Å². The van der Waals surface area contributed by atoms with Gasteiger partial charge in [-0.1, -0.05) is 15.9 Å². The van der Waals surface area contributed by atoms with Gasteiger partial charge in [-0.25, -0.2) is 0 Å². The lowest BCUT2D eigenvalue weighted by atomic mass is 10.2. The predicted octanol–water partition coefficient (Wildman–Crippen LogP) is 2.73. The van der Waals surface area contributed by atoms with Crippen LogP contribution < -0.4 is 5.32 Å². The number of halogens is 1. The van der Waals surface area contributed by atoms with Gasteiger partial charge in [-0.3, -0.25) is 4.79 Å². The van der Waals surface area contributed by atoms with Crippen LogP contribution in [0.4, 0.5) is 5.69 Å². The SMILES string of the molecule is COCCC(=O)Nc1ccc(Br)cc1C. The summed E-state index contributed by atoms with van der Waals surface area (Å²) in [6.45, 7) is 2.40. The quantitative estimate of drug-likeness (QED) is 0.915. The molecule has 0 fully saturated rings. The van der Waals surface area contributed by atoms with Crippen molar-refractivity contribution in [2.24, 2.45) is 0 Å². The van der Waals surface area contributed by atoms with Gasteiger partial charge in [-0.15, -0.1) is 0 Å². The van der Waals surface area contributed by atoms with E-state index < -0.39 is 0 Å². The Kier molecular flexibility index (Phi) is 4.78. The van der Waals surface area contributed by atoms with Crippen molar-refractivity contribution in [1.82, 2.24) is 0 Å². The number of aryl methyl sites for hydroxylation is 1. The van der Waals surface area contributed by atoms with E-state index in [4.69, 9.17) is 4.74 Å². The molecule has 3 nitrogen and oxygen atoms in total. The predicted molar refractivity (Wildman–Crippen MR) is 64.0 cm³/mol. The van der Waals surface area contributed by atoms with Crippen LogP contribution in [0.2, 0.25) is 0 Å². The summed E-state index contributed by atoms with van der Waals surface area (Å²) in [7, 11) is 1.58. The number of benzene rings is 1. The van der Waals surface area contributed by atoms with Crippen LogP contribution in [-0.2, 0) is 9.53 Å². The molecule has 1 N–H and O–H groups in total. The standard InChI is InChI=1S/C11H14BrNO2/c1-8-7-9(12)3-4-10(8)13-11(14)5-6-15-2/h3-4,7H,5-6H2,1-2H3,(H,13,14). The number of hydrogen-bond acceptors (Lipinski definition) is 2. The number of methoxy groups -OCH3 is 1. The van der Waals surface area contributed by atoms with Crippen LogP contribution in [0.1, 0.15) is 12.0 Å². The Balaban J connectivity index is 2.60. The first-order chi connectivity index (χ1) is 7.13. The molecule has 1 aromatic carbocycles. The fourth-order valence-electron chi connectivity index (χ4n) is 1.17. The molecule has 1 aromatic rings. The van der Waals surface area contributed by atoms with E-state index in [1.54, 1.807) is 7.11 Å². The van der Waals surface area contributed by atoms with Crippen molar-refractivity contribution in [3.05, 3.63) is 28.2 Å². The molecule has 15 heavy (non-hydrogen) atoms. The van der Waals surface area contributed by atoms with Gasteiger partial charge in [0.2, 0.25) is 5.91 Å². The van der Waals surface area contributed by atoms with Crippen LogP contribution >= 0.6 is 15.9 Å². The minimum Gasteiger partial charge on any atom is -0.384 e. The van der Waals surface area contributed by atoms with Crippen LogP contribution in [0.15, 0.2) is 22.7 Å². The Hall–Kier alpha value is -0.870. The Morgan fingerprint density at radius 1 is 1.53 bits per heavy atom. The van der Waals surface area contributed by atoms with Crippen LogP contribution in [0.25, 0.3) is 0 Å². The zero-order chi connectivity index (χ0) is 11.3. The first-order valence-corrected chi connectivity index (χ1v) is 5.47. The van der Waals surface area contributed by atoms with Crippen molar-refractivity contribution in [3.8, 4) is 0 Å². The Bertz CT molecular complexity index is 352. The van der Waals surface area contributed by atoms with E-state index in [1.807, 2.05) is 25.1 Å². The van der Waals surface area contributed by atoms with Crippen molar-refractivity contribution in [1.29, 1.82) is 0 Å². The zero-order valence-corrected chi connectivity index (χ0v) is 10.4. The molecule has 0 radical (unpaired) electrons. The highest BCUT2D eigenvalue weighted by Gasteiger charge is 2.04. The maximum Gasteiger partial charge on any atom is 0.226 e. The maximum atomic E-state index is 11.4. The number of anilines is 1. The number of nitrogens with one attached hydrogen (secondary N) is 1. The second-order valence-corrected chi connectivity index (χ2v) is 4.17. The summed E-state index contributed by atoms with van der Waals surface area (Å²) in [5, 5.41) is 2.83. The van der Waals surface area contributed by atoms with E-state index in [2.05, 4.69) is 21.2 Å². The van der Waals surface area contributed by atoms with Crippen LogP contribution in [0, 0.1) is 6.92 Å². The van der Waals surface area contributed by atoms with Crippen LogP contribution in [-0.4, -0.2) is 19.6 Å². The van der Waals surface area contributed by atoms with Gasteiger partial charge in [0.15, 0.2) is 0 Å². The summed E-state index contributed by atoms with van der Waals surface area (Å²) in [4.78, 5) is 11.4. The van der Waals surface area contributed by atoms with Gasteiger partial charge in [-0.05, 0) is 30.7 Å². The summed E-state index contributed by atoms with van der Waals surface area (Å²) in [6, 6.07) is 5.75. The van der Waals surface area contributed by atoms with Gasteiger partial charge in [0.05, 0.1) is 13.0 Å². The van der Waals surface area contributed by atoms with Crippen molar-refractivity contribution < 1.29 is 9.53 Å². The fraction of sp³-hybridized carbons (Fsp3) is 0.364. The molecule has 0 saturated heterocycles. The van der Waals surface area contributed by atoms with E-state index in [0.29, 0.717) is 13.0 Å². The molecule has 0 aliphatic rings. The molecular formula is C11H14BrNO2. The fourth-order valence-corrected chi connectivity index (χ4v) is 1.65. The van der Waals surface area contributed by atoms with Gasteiger partial charge >= 0.3 is 0 Å². The molecular weight excluding hydrogens is 258 g/mol. The molecule has 4 heteroatoms. The molecule has 0 bridgehead atoms. The highest BCUT2D eigenvalue weighted by atomic mass is 79.9. The van der Waals surface area contributed by atoms with E-state index >= 15 is 0 Å². The number of hydrogen-bond donors (Lipinski definition) is 1. The first-order valence-electron chi connectivity index (χ1n) is 4.68. The summed E-state index contributed by atoms with van der Waals surface area (Å²) in [6.07, 6.45) is 0.381. The zero-order valence-electron chi connectivity index (χ0n) is 8.84. The molecule has 0 saturated carbocycles. The summed E-state index contributed by atoms with van der Waals surface area (Å²) >= 11 is 3.37.